The topological polar surface area (TPSA) is 25.2 Å². The van der Waals surface area contributed by atoms with E-state index in [2.05, 4.69) is 190 Å². The second-order valence-electron chi connectivity index (χ2n) is 15.7. The predicted octanol–water partition coefficient (Wildman–Crippen LogP) is 15.6. The number of aromatic nitrogens is 2. The summed E-state index contributed by atoms with van der Waals surface area (Å²) in [5, 5.41) is 9.93. The Hall–Kier alpha value is -7.60. The molecular weight excluding hydrogens is 739 g/mol. The zero-order valence-corrected chi connectivity index (χ0v) is 32.4. The van der Waals surface area contributed by atoms with Crippen LogP contribution < -0.4 is 4.90 Å². The van der Waals surface area contributed by atoms with Gasteiger partial charge in [-0.05, 0) is 90.0 Å². The summed E-state index contributed by atoms with van der Waals surface area (Å²) in [6.07, 6.45) is 0. The molecule has 14 aromatic rings. The lowest BCUT2D eigenvalue weighted by atomic mass is 10.0. The molecule has 5 heterocycles. The molecule has 5 aromatic heterocycles. The first kappa shape index (κ1) is 31.5. The maximum atomic E-state index is 6.32. The molecule has 0 aliphatic carbocycles. The molecule has 0 spiro atoms. The fourth-order valence-corrected chi connectivity index (χ4v) is 11.2. The van der Waals surface area contributed by atoms with Crippen LogP contribution in [0.5, 0.6) is 0 Å². The molecule has 59 heavy (non-hydrogen) atoms. The van der Waals surface area contributed by atoms with Crippen LogP contribution in [0.2, 0.25) is 0 Å². The normalized spacial score (nSPS) is 12.4. The first-order chi connectivity index (χ1) is 29.2. The van der Waals surface area contributed by atoms with Crippen molar-refractivity contribution < 1.29 is 4.42 Å². The molecule has 0 N–H and O–H groups in total. The van der Waals surface area contributed by atoms with Gasteiger partial charge < -0.3 is 18.1 Å². The van der Waals surface area contributed by atoms with E-state index in [0.29, 0.717) is 0 Å². The molecule has 0 saturated carbocycles. The second-order valence-corrected chi connectivity index (χ2v) is 16.8. The molecule has 9 aromatic carbocycles. The first-order valence-electron chi connectivity index (χ1n) is 20.1. The van der Waals surface area contributed by atoms with Gasteiger partial charge in [0.25, 0.3) is 0 Å². The first-order valence-corrected chi connectivity index (χ1v) is 20.9. The van der Waals surface area contributed by atoms with Gasteiger partial charge in [-0.25, -0.2) is 0 Å². The number of para-hydroxylation sites is 3. The van der Waals surface area contributed by atoms with Crippen LogP contribution in [0.25, 0.3) is 108 Å². The van der Waals surface area contributed by atoms with Gasteiger partial charge in [-0.2, -0.15) is 0 Å². The molecule has 0 aliphatic rings. The largest absolute Gasteiger partial charge is 0.456 e. The number of nitrogens with zero attached hydrogens (tertiary/aromatic N) is 3. The van der Waals surface area contributed by atoms with Crippen molar-refractivity contribution in [2.75, 3.05) is 4.90 Å². The van der Waals surface area contributed by atoms with Crippen LogP contribution in [0.1, 0.15) is 0 Å². The Balaban J connectivity index is 1.02. The van der Waals surface area contributed by atoms with E-state index < -0.39 is 0 Å². The average Bonchev–Trinajstić information content (AvgIpc) is 4.04. The molecule has 5 heteroatoms. The van der Waals surface area contributed by atoms with Gasteiger partial charge in [0.2, 0.25) is 0 Å². The van der Waals surface area contributed by atoms with Crippen LogP contribution in [-0.4, -0.2) is 8.80 Å². The molecule has 0 saturated heterocycles. The zero-order chi connectivity index (χ0) is 38.3. The van der Waals surface area contributed by atoms with E-state index in [1.54, 1.807) is 0 Å². The molecule has 0 atom stereocenters. The quantitative estimate of drug-likeness (QED) is 0.167. The number of fused-ring (bicyclic) bond motifs is 15. The van der Waals surface area contributed by atoms with Gasteiger partial charge in [0, 0.05) is 69.6 Å². The fourth-order valence-electron chi connectivity index (χ4n) is 10.0. The van der Waals surface area contributed by atoms with Gasteiger partial charge in [0.1, 0.15) is 11.2 Å². The molecule has 0 unspecified atom stereocenters. The Morgan fingerprint density at radius 3 is 1.68 bits per heavy atom. The van der Waals surface area contributed by atoms with Crippen LogP contribution in [0.3, 0.4) is 0 Å². The minimum absolute atomic E-state index is 0.883. The highest BCUT2D eigenvalue weighted by molar-refractivity contribution is 7.25. The number of anilines is 3. The Labute approximate surface area is 340 Å². The fraction of sp³-hybridized carbons (Fsp3) is 0. The number of hydrogen-bond acceptors (Lipinski definition) is 3. The molecule has 0 bridgehead atoms. The van der Waals surface area contributed by atoms with Gasteiger partial charge in [0.05, 0.1) is 33.1 Å². The SMILES string of the molecule is c1ccc2c(c1)oc1ccc(N(c3ccc(-c4ccc5c(c4)sc4ccccc45)cc3)c3ccc4c(c3)n3c5ccccc5c5ccc6c7ccccc7n4c6c53)cc12. The summed E-state index contributed by atoms with van der Waals surface area (Å²) in [6.45, 7) is 0. The van der Waals surface area contributed by atoms with E-state index in [4.69, 9.17) is 4.42 Å². The molecule has 274 valence electrons. The lowest BCUT2D eigenvalue weighted by molar-refractivity contribution is 0.669. The van der Waals surface area contributed by atoms with Crippen molar-refractivity contribution in [3.63, 3.8) is 0 Å². The molecule has 14 rings (SSSR count). The van der Waals surface area contributed by atoms with E-state index in [9.17, 15) is 0 Å². The maximum Gasteiger partial charge on any atom is 0.135 e. The van der Waals surface area contributed by atoms with Crippen molar-refractivity contribution in [2.45, 2.75) is 0 Å². The van der Waals surface area contributed by atoms with Gasteiger partial charge in [0.15, 0.2) is 0 Å². The van der Waals surface area contributed by atoms with Crippen molar-refractivity contribution >= 4 is 125 Å². The molecule has 0 aliphatic heterocycles. The third-order valence-electron chi connectivity index (χ3n) is 12.6. The van der Waals surface area contributed by atoms with Crippen LogP contribution in [-0.2, 0) is 0 Å². The van der Waals surface area contributed by atoms with Gasteiger partial charge >= 0.3 is 0 Å². The number of furan rings is 1. The van der Waals surface area contributed by atoms with Crippen LogP contribution in [0.4, 0.5) is 17.1 Å². The number of hydrogen-bond donors (Lipinski definition) is 0. The molecule has 0 fully saturated rings. The van der Waals surface area contributed by atoms with Crippen molar-refractivity contribution in [1.82, 2.24) is 8.80 Å². The van der Waals surface area contributed by atoms with E-state index in [-0.39, 0.29) is 0 Å². The number of benzene rings is 9. The van der Waals surface area contributed by atoms with Crippen molar-refractivity contribution in [2.24, 2.45) is 0 Å². The summed E-state index contributed by atoms with van der Waals surface area (Å²) in [5.74, 6) is 0. The Morgan fingerprint density at radius 2 is 0.898 bits per heavy atom. The van der Waals surface area contributed by atoms with E-state index in [1.165, 1.54) is 80.4 Å². The summed E-state index contributed by atoms with van der Waals surface area (Å²) < 4.78 is 13.9. The minimum Gasteiger partial charge on any atom is -0.456 e. The minimum atomic E-state index is 0.883. The Kier molecular flexibility index (Phi) is 6.14. The summed E-state index contributed by atoms with van der Waals surface area (Å²) in [6, 6.07) is 68.9. The average molecular weight is 770 g/mol. The van der Waals surface area contributed by atoms with Crippen molar-refractivity contribution in [3.8, 4) is 11.1 Å². The standard InChI is InChI=1S/C54H31N3OS/c1-5-13-45-37(9-1)42-25-26-43-38-10-2-6-14-46(38)57-48-31-36(22-27-47(48)56(45)53(42)54(43)57)55(35-23-28-50-44(30-35)39-11-3-7-15-49(39)58-50)34-20-17-32(18-21-34)33-19-24-41-40-12-4-8-16-51(40)59-52(41)29-33/h1-31H. The van der Waals surface area contributed by atoms with Crippen molar-refractivity contribution in [3.05, 3.63) is 188 Å². The number of rotatable bonds is 4. The zero-order valence-electron chi connectivity index (χ0n) is 31.6. The predicted molar refractivity (Wildman–Crippen MR) is 250 cm³/mol. The van der Waals surface area contributed by atoms with E-state index >= 15 is 0 Å². The summed E-state index contributed by atoms with van der Waals surface area (Å²) >= 11 is 1.86. The highest BCUT2D eigenvalue weighted by atomic mass is 32.1. The van der Waals surface area contributed by atoms with Gasteiger partial charge in [-0.15, -0.1) is 11.3 Å². The van der Waals surface area contributed by atoms with Crippen LogP contribution >= 0.6 is 11.3 Å². The third-order valence-corrected chi connectivity index (χ3v) is 13.8. The molecule has 0 amide bonds. The lowest BCUT2D eigenvalue weighted by Gasteiger charge is -2.26. The number of thiophene rings is 1. The van der Waals surface area contributed by atoms with Gasteiger partial charge in [-0.1, -0.05) is 109 Å². The van der Waals surface area contributed by atoms with E-state index in [1.807, 2.05) is 23.5 Å². The van der Waals surface area contributed by atoms with Crippen LogP contribution in [0.15, 0.2) is 192 Å². The molecule has 4 nitrogen and oxygen atoms in total. The van der Waals surface area contributed by atoms with Crippen molar-refractivity contribution in [1.29, 1.82) is 0 Å². The summed E-state index contributed by atoms with van der Waals surface area (Å²) in [7, 11) is 0. The summed E-state index contributed by atoms with van der Waals surface area (Å²) in [5.41, 5.74) is 14.7. The smallest absolute Gasteiger partial charge is 0.135 e. The molecular formula is C54H31N3OS. The second kappa shape index (κ2) is 11.5. The third kappa shape index (κ3) is 4.26. The van der Waals surface area contributed by atoms with Crippen LogP contribution in [0, 0.1) is 0 Å². The highest BCUT2D eigenvalue weighted by Crippen LogP contribution is 2.45. The lowest BCUT2D eigenvalue weighted by Crippen LogP contribution is -2.10. The van der Waals surface area contributed by atoms with E-state index in [0.717, 1.165) is 44.5 Å². The molecule has 0 radical (unpaired) electrons. The highest BCUT2D eigenvalue weighted by Gasteiger charge is 2.23. The Morgan fingerprint density at radius 1 is 0.339 bits per heavy atom. The maximum absolute atomic E-state index is 6.32. The Bertz CT molecular complexity index is 4030. The summed E-state index contributed by atoms with van der Waals surface area (Å²) in [4.78, 5) is 2.40. The monoisotopic (exact) mass is 769 g/mol. The van der Waals surface area contributed by atoms with Gasteiger partial charge in [-0.3, -0.25) is 0 Å².